The van der Waals surface area contributed by atoms with E-state index < -0.39 is 0 Å². The molecule has 15 heavy (non-hydrogen) atoms. The summed E-state index contributed by atoms with van der Waals surface area (Å²) in [5, 5.41) is 13.0. The van der Waals surface area contributed by atoms with Gasteiger partial charge < -0.3 is 15.3 Å². The lowest BCUT2D eigenvalue weighted by Gasteiger charge is -2.27. The lowest BCUT2D eigenvalue weighted by Crippen LogP contribution is -2.43. The minimum Gasteiger partial charge on any atom is -0.393 e. The van der Waals surface area contributed by atoms with E-state index in [9.17, 15) is 5.11 Å². The molecule has 0 saturated carbocycles. The van der Waals surface area contributed by atoms with Gasteiger partial charge in [-0.25, -0.2) is 0 Å². The summed E-state index contributed by atoms with van der Waals surface area (Å²) >= 11 is 0. The topological polar surface area (TPSA) is 35.5 Å². The maximum Gasteiger partial charge on any atom is 0.0540 e. The highest BCUT2D eigenvalue weighted by atomic mass is 16.3. The van der Waals surface area contributed by atoms with Crippen molar-refractivity contribution in [1.82, 2.24) is 10.2 Å². The third-order valence-electron chi connectivity index (χ3n) is 3.11. The SMILES string of the molecule is CCCC[C@@H](O)CCCN1CCNCC1. The van der Waals surface area contributed by atoms with Crippen LogP contribution in [0.2, 0.25) is 0 Å². The average Bonchev–Trinajstić information content (AvgIpc) is 2.28. The van der Waals surface area contributed by atoms with E-state index in [0.29, 0.717) is 0 Å². The van der Waals surface area contributed by atoms with Crippen molar-refractivity contribution < 1.29 is 5.11 Å². The van der Waals surface area contributed by atoms with Gasteiger partial charge in [0.2, 0.25) is 0 Å². The molecule has 1 aliphatic rings. The van der Waals surface area contributed by atoms with Crippen LogP contribution >= 0.6 is 0 Å². The number of aliphatic hydroxyl groups is 1. The Morgan fingerprint density at radius 1 is 1.20 bits per heavy atom. The Labute approximate surface area is 93.9 Å². The van der Waals surface area contributed by atoms with E-state index in [1.54, 1.807) is 0 Å². The van der Waals surface area contributed by atoms with Crippen molar-refractivity contribution in [2.75, 3.05) is 32.7 Å². The fraction of sp³-hybridized carbons (Fsp3) is 1.00. The molecule has 1 heterocycles. The molecule has 0 aliphatic carbocycles. The fourth-order valence-electron chi connectivity index (χ4n) is 2.07. The minimum absolute atomic E-state index is 0.0622. The second kappa shape index (κ2) is 8.08. The summed E-state index contributed by atoms with van der Waals surface area (Å²) in [6, 6.07) is 0. The van der Waals surface area contributed by atoms with Gasteiger partial charge in [-0.05, 0) is 25.8 Å². The van der Waals surface area contributed by atoms with Crippen molar-refractivity contribution in [2.45, 2.75) is 45.1 Å². The number of piperazine rings is 1. The molecule has 0 amide bonds. The van der Waals surface area contributed by atoms with Gasteiger partial charge in [0.1, 0.15) is 0 Å². The van der Waals surface area contributed by atoms with Crippen LogP contribution in [0.1, 0.15) is 39.0 Å². The predicted octanol–water partition coefficient (Wildman–Crippen LogP) is 1.22. The Balaban J connectivity index is 1.94. The van der Waals surface area contributed by atoms with E-state index in [4.69, 9.17) is 0 Å². The standard InChI is InChI=1S/C12H26N2O/c1-2-3-5-12(15)6-4-9-14-10-7-13-8-11-14/h12-13,15H,2-11H2,1H3/t12-/m1/s1. The van der Waals surface area contributed by atoms with Crippen LogP contribution < -0.4 is 5.32 Å². The molecule has 3 nitrogen and oxygen atoms in total. The number of nitrogens with zero attached hydrogens (tertiary/aromatic N) is 1. The normalized spacial score (nSPS) is 20.4. The monoisotopic (exact) mass is 214 g/mol. The van der Waals surface area contributed by atoms with E-state index in [1.165, 1.54) is 19.5 Å². The van der Waals surface area contributed by atoms with Gasteiger partial charge in [-0.15, -0.1) is 0 Å². The molecule has 1 aliphatic heterocycles. The number of nitrogens with one attached hydrogen (secondary N) is 1. The number of rotatable bonds is 7. The molecule has 1 atom stereocenters. The first-order chi connectivity index (χ1) is 7.33. The van der Waals surface area contributed by atoms with Crippen molar-refractivity contribution in [1.29, 1.82) is 0 Å². The quantitative estimate of drug-likeness (QED) is 0.669. The Kier molecular flexibility index (Phi) is 6.98. The Morgan fingerprint density at radius 3 is 2.53 bits per heavy atom. The zero-order valence-electron chi connectivity index (χ0n) is 10.0. The maximum atomic E-state index is 9.68. The smallest absolute Gasteiger partial charge is 0.0540 e. The van der Waals surface area contributed by atoms with Crippen molar-refractivity contribution in [3.05, 3.63) is 0 Å². The molecule has 1 fully saturated rings. The van der Waals surface area contributed by atoms with Crippen LogP contribution in [-0.4, -0.2) is 48.8 Å². The Hall–Kier alpha value is -0.120. The van der Waals surface area contributed by atoms with Gasteiger partial charge in [-0.2, -0.15) is 0 Å². The third-order valence-corrected chi connectivity index (χ3v) is 3.11. The molecule has 2 N–H and O–H groups in total. The molecule has 0 unspecified atom stereocenters. The highest BCUT2D eigenvalue weighted by Gasteiger charge is 2.09. The summed E-state index contributed by atoms with van der Waals surface area (Å²) in [6.07, 6.45) is 5.39. The average molecular weight is 214 g/mol. The summed E-state index contributed by atoms with van der Waals surface area (Å²) < 4.78 is 0. The molecule has 0 spiro atoms. The summed E-state index contributed by atoms with van der Waals surface area (Å²) in [5.41, 5.74) is 0. The summed E-state index contributed by atoms with van der Waals surface area (Å²) in [7, 11) is 0. The number of hydrogen-bond acceptors (Lipinski definition) is 3. The summed E-state index contributed by atoms with van der Waals surface area (Å²) in [6.45, 7) is 7.92. The molecule has 3 heteroatoms. The Morgan fingerprint density at radius 2 is 1.87 bits per heavy atom. The molecule has 90 valence electrons. The van der Waals surface area contributed by atoms with Crippen molar-refractivity contribution in [3.8, 4) is 0 Å². The molecular formula is C12H26N2O. The van der Waals surface area contributed by atoms with Gasteiger partial charge in [0.25, 0.3) is 0 Å². The van der Waals surface area contributed by atoms with Gasteiger partial charge in [-0.3, -0.25) is 0 Å². The lowest BCUT2D eigenvalue weighted by atomic mass is 10.1. The van der Waals surface area contributed by atoms with Crippen LogP contribution in [0.4, 0.5) is 0 Å². The predicted molar refractivity (Wildman–Crippen MR) is 64.1 cm³/mol. The molecule has 0 aromatic carbocycles. The van der Waals surface area contributed by atoms with Crippen LogP contribution in [0.25, 0.3) is 0 Å². The van der Waals surface area contributed by atoms with E-state index >= 15 is 0 Å². The molecular weight excluding hydrogens is 188 g/mol. The van der Waals surface area contributed by atoms with Gasteiger partial charge in [0.15, 0.2) is 0 Å². The van der Waals surface area contributed by atoms with Crippen LogP contribution in [-0.2, 0) is 0 Å². The highest BCUT2D eigenvalue weighted by molar-refractivity contribution is 4.68. The number of hydrogen-bond donors (Lipinski definition) is 2. The second-order valence-corrected chi connectivity index (χ2v) is 4.53. The largest absolute Gasteiger partial charge is 0.393 e. The van der Waals surface area contributed by atoms with Crippen molar-refractivity contribution >= 4 is 0 Å². The summed E-state index contributed by atoms with van der Waals surface area (Å²) in [5.74, 6) is 0. The first-order valence-electron chi connectivity index (χ1n) is 6.44. The third kappa shape index (κ3) is 6.13. The molecule has 0 aromatic rings. The van der Waals surface area contributed by atoms with E-state index in [-0.39, 0.29) is 6.10 Å². The zero-order chi connectivity index (χ0) is 10.9. The maximum absolute atomic E-state index is 9.68. The van der Waals surface area contributed by atoms with Crippen LogP contribution in [0.5, 0.6) is 0 Å². The number of aliphatic hydroxyl groups excluding tert-OH is 1. The second-order valence-electron chi connectivity index (χ2n) is 4.53. The molecule has 1 rings (SSSR count). The minimum atomic E-state index is -0.0622. The van der Waals surface area contributed by atoms with E-state index in [0.717, 1.165) is 45.3 Å². The first-order valence-corrected chi connectivity index (χ1v) is 6.44. The van der Waals surface area contributed by atoms with Crippen molar-refractivity contribution in [2.24, 2.45) is 0 Å². The van der Waals surface area contributed by atoms with Crippen LogP contribution in [0.15, 0.2) is 0 Å². The highest BCUT2D eigenvalue weighted by Crippen LogP contribution is 2.07. The molecule has 0 aromatic heterocycles. The zero-order valence-corrected chi connectivity index (χ0v) is 10.0. The summed E-state index contributed by atoms with van der Waals surface area (Å²) in [4.78, 5) is 2.49. The molecule has 0 bridgehead atoms. The van der Waals surface area contributed by atoms with Gasteiger partial charge in [-0.1, -0.05) is 19.8 Å². The molecule has 0 radical (unpaired) electrons. The van der Waals surface area contributed by atoms with E-state index in [2.05, 4.69) is 17.1 Å². The fourth-order valence-corrected chi connectivity index (χ4v) is 2.07. The van der Waals surface area contributed by atoms with Gasteiger partial charge in [0.05, 0.1) is 6.10 Å². The lowest BCUT2D eigenvalue weighted by molar-refractivity contribution is 0.139. The van der Waals surface area contributed by atoms with Crippen molar-refractivity contribution in [3.63, 3.8) is 0 Å². The first kappa shape index (κ1) is 12.9. The Bertz CT molecular complexity index is 147. The van der Waals surface area contributed by atoms with Crippen LogP contribution in [0.3, 0.4) is 0 Å². The number of unbranched alkanes of at least 4 members (excludes halogenated alkanes) is 1. The van der Waals surface area contributed by atoms with Gasteiger partial charge in [0, 0.05) is 26.2 Å². The van der Waals surface area contributed by atoms with Gasteiger partial charge >= 0.3 is 0 Å². The molecule has 1 saturated heterocycles. The van der Waals surface area contributed by atoms with Crippen LogP contribution in [0, 0.1) is 0 Å². The van der Waals surface area contributed by atoms with E-state index in [1.807, 2.05) is 0 Å².